The molecule has 6 heteroatoms. The second-order valence-corrected chi connectivity index (χ2v) is 6.39. The van der Waals surface area contributed by atoms with Gasteiger partial charge in [-0.15, -0.1) is 0 Å². The van der Waals surface area contributed by atoms with E-state index in [0.717, 1.165) is 19.1 Å². The highest BCUT2D eigenvalue weighted by molar-refractivity contribution is 5.58. The quantitative estimate of drug-likeness (QED) is 0.793. The van der Waals surface area contributed by atoms with Crippen LogP contribution in [0, 0.1) is 5.92 Å². The summed E-state index contributed by atoms with van der Waals surface area (Å²) in [5.74, 6) is 0.175. The van der Waals surface area contributed by atoms with Crippen LogP contribution in [0.1, 0.15) is 44.9 Å². The fourth-order valence-electron chi connectivity index (χ4n) is 3.55. The lowest BCUT2D eigenvalue weighted by molar-refractivity contribution is -0.149. The Bertz CT molecular complexity index is 321. The molecule has 1 N–H and O–H groups in total. The average Bonchev–Trinajstić information content (AvgIpc) is 2.45. The largest absolute Gasteiger partial charge is 0.401 e. The number of alkyl halides is 3. The van der Waals surface area contributed by atoms with Crippen LogP contribution in [0.3, 0.4) is 0 Å². The van der Waals surface area contributed by atoms with Gasteiger partial charge in [-0.1, -0.05) is 19.3 Å². The summed E-state index contributed by atoms with van der Waals surface area (Å²) in [7, 11) is 0. The molecule has 1 saturated heterocycles. The second kappa shape index (κ2) is 7.58. The third kappa shape index (κ3) is 5.58. The zero-order valence-corrected chi connectivity index (χ0v) is 12.4. The van der Waals surface area contributed by atoms with Gasteiger partial charge in [0.1, 0.15) is 6.29 Å². The molecule has 0 radical (unpaired) electrons. The minimum atomic E-state index is -4.13. The van der Waals surface area contributed by atoms with Gasteiger partial charge in [-0.25, -0.2) is 0 Å². The van der Waals surface area contributed by atoms with Crippen molar-refractivity contribution in [2.75, 3.05) is 19.6 Å². The monoisotopic (exact) mass is 306 g/mol. The Hall–Kier alpha value is -0.620. The van der Waals surface area contributed by atoms with Crippen LogP contribution in [0.25, 0.3) is 0 Å². The minimum absolute atomic E-state index is 0.175. The number of hydrogen-bond acceptors (Lipinski definition) is 3. The molecule has 21 heavy (non-hydrogen) atoms. The zero-order valence-electron chi connectivity index (χ0n) is 12.4. The van der Waals surface area contributed by atoms with Gasteiger partial charge in [-0.05, 0) is 44.7 Å². The number of nitrogens with zero attached hydrogens (tertiary/aromatic N) is 1. The maximum absolute atomic E-state index is 12.4. The first-order valence-electron chi connectivity index (χ1n) is 7.98. The Morgan fingerprint density at radius 3 is 2.24 bits per heavy atom. The molecular formula is C15H25F3N2O. The maximum atomic E-state index is 12.4. The van der Waals surface area contributed by atoms with E-state index in [1.165, 1.54) is 24.2 Å². The van der Waals surface area contributed by atoms with Crippen molar-refractivity contribution in [2.24, 2.45) is 5.92 Å². The summed E-state index contributed by atoms with van der Waals surface area (Å²) in [5, 5.41) is 3.43. The molecule has 1 unspecified atom stereocenters. The molecule has 2 rings (SSSR count). The van der Waals surface area contributed by atoms with Gasteiger partial charge in [0.05, 0.1) is 12.6 Å². The Balaban J connectivity index is 1.77. The molecule has 2 fully saturated rings. The van der Waals surface area contributed by atoms with Crippen LogP contribution in [-0.2, 0) is 4.79 Å². The highest BCUT2D eigenvalue weighted by Crippen LogP contribution is 2.25. The predicted molar refractivity (Wildman–Crippen MR) is 75.1 cm³/mol. The molecule has 1 atom stereocenters. The summed E-state index contributed by atoms with van der Waals surface area (Å²) in [6.07, 6.45) is 4.04. The van der Waals surface area contributed by atoms with Crippen LogP contribution in [0.5, 0.6) is 0 Å². The summed E-state index contributed by atoms with van der Waals surface area (Å²) in [6.45, 7) is 0.0310. The summed E-state index contributed by atoms with van der Waals surface area (Å²) in [5.41, 5.74) is 0. The number of halogens is 3. The molecule has 0 bridgehead atoms. The number of likely N-dealkylation sites (tertiary alicyclic amines) is 1. The maximum Gasteiger partial charge on any atom is 0.401 e. The van der Waals surface area contributed by atoms with Crippen molar-refractivity contribution in [3.8, 4) is 0 Å². The van der Waals surface area contributed by atoms with E-state index >= 15 is 0 Å². The molecule has 3 nitrogen and oxygen atoms in total. The number of carbonyl (C=O) groups excluding carboxylic acids is 1. The van der Waals surface area contributed by atoms with Gasteiger partial charge in [-0.3, -0.25) is 4.90 Å². The van der Waals surface area contributed by atoms with E-state index in [-0.39, 0.29) is 12.0 Å². The second-order valence-electron chi connectivity index (χ2n) is 6.39. The van der Waals surface area contributed by atoms with Crippen LogP contribution >= 0.6 is 0 Å². The number of rotatable bonds is 5. The number of aldehydes is 1. The fraction of sp³-hybridized carbons (Fsp3) is 0.933. The van der Waals surface area contributed by atoms with Gasteiger partial charge in [0, 0.05) is 6.04 Å². The minimum Gasteiger partial charge on any atom is -0.305 e. The van der Waals surface area contributed by atoms with Crippen molar-refractivity contribution in [2.45, 2.75) is 63.2 Å². The number of nitrogens with one attached hydrogen (secondary N) is 1. The van der Waals surface area contributed by atoms with Gasteiger partial charge in [0.25, 0.3) is 0 Å². The fourth-order valence-corrected chi connectivity index (χ4v) is 3.55. The number of piperidine rings is 1. The van der Waals surface area contributed by atoms with E-state index in [1.54, 1.807) is 0 Å². The van der Waals surface area contributed by atoms with Crippen LogP contribution in [0.4, 0.5) is 13.2 Å². The Morgan fingerprint density at radius 1 is 1.10 bits per heavy atom. The first kappa shape index (κ1) is 16.7. The van der Waals surface area contributed by atoms with E-state index < -0.39 is 12.7 Å². The molecule has 1 heterocycles. The van der Waals surface area contributed by atoms with E-state index in [0.29, 0.717) is 32.0 Å². The SMILES string of the molecule is O=CC(NC1CCCCC1)C1CCN(CC(F)(F)F)CC1. The van der Waals surface area contributed by atoms with Crippen molar-refractivity contribution >= 4 is 6.29 Å². The molecule has 122 valence electrons. The van der Waals surface area contributed by atoms with Gasteiger partial charge < -0.3 is 10.1 Å². The van der Waals surface area contributed by atoms with Crippen molar-refractivity contribution in [1.29, 1.82) is 0 Å². The molecule has 1 aliphatic carbocycles. The van der Waals surface area contributed by atoms with Crippen molar-refractivity contribution in [1.82, 2.24) is 10.2 Å². The van der Waals surface area contributed by atoms with Crippen LogP contribution in [0.15, 0.2) is 0 Å². The standard InChI is InChI=1S/C15H25F3N2O/c16-15(17,18)11-20-8-6-12(7-9-20)14(10-21)19-13-4-2-1-3-5-13/h10,12-14,19H,1-9,11H2. The van der Waals surface area contributed by atoms with Gasteiger partial charge in [0.2, 0.25) is 0 Å². The first-order chi connectivity index (χ1) is 9.98. The lowest BCUT2D eigenvalue weighted by atomic mass is 9.88. The molecule has 2 aliphatic rings. The highest BCUT2D eigenvalue weighted by atomic mass is 19.4. The topological polar surface area (TPSA) is 32.3 Å². The summed E-state index contributed by atoms with van der Waals surface area (Å²) in [4.78, 5) is 12.8. The van der Waals surface area contributed by atoms with Crippen LogP contribution in [0.2, 0.25) is 0 Å². The summed E-state index contributed by atoms with van der Waals surface area (Å²) in [6, 6.07) is 0.211. The molecule has 0 aromatic heterocycles. The van der Waals surface area contributed by atoms with Crippen LogP contribution < -0.4 is 5.32 Å². The van der Waals surface area contributed by atoms with Crippen molar-refractivity contribution < 1.29 is 18.0 Å². The summed E-state index contributed by atoms with van der Waals surface area (Å²) >= 11 is 0. The first-order valence-corrected chi connectivity index (χ1v) is 7.98. The van der Waals surface area contributed by atoms with Gasteiger partial charge >= 0.3 is 6.18 Å². The normalized spacial score (nSPS) is 24.9. The Kier molecular flexibility index (Phi) is 6.05. The number of carbonyl (C=O) groups is 1. The van der Waals surface area contributed by atoms with Crippen molar-refractivity contribution in [3.05, 3.63) is 0 Å². The van der Waals surface area contributed by atoms with E-state index in [2.05, 4.69) is 5.32 Å². The molecule has 1 aliphatic heterocycles. The third-order valence-electron chi connectivity index (χ3n) is 4.72. The average molecular weight is 306 g/mol. The Labute approximate surface area is 124 Å². The molecular weight excluding hydrogens is 281 g/mol. The van der Waals surface area contributed by atoms with E-state index in [4.69, 9.17) is 0 Å². The smallest absolute Gasteiger partial charge is 0.305 e. The highest BCUT2D eigenvalue weighted by Gasteiger charge is 2.34. The zero-order chi connectivity index (χ0) is 15.3. The molecule has 0 aromatic rings. The number of hydrogen-bond donors (Lipinski definition) is 1. The van der Waals surface area contributed by atoms with E-state index in [1.807, 2.05) is 0 Å². The molecule has 1 saturated carbocycles. The van der Waals surface area contributed by atoms with Gasteiger partial charge in [-0.2, -0.15) is 13.2 Å². The van der Waals surface area contributed by atoms with Crippen molar-refractivity contribution in [3.63, 3.8) is 0 Å². The van der Waals surface area contributed by atoms with E-state index in [9.17, 15) is 18.0 Å². The molecule has 0 amide bonds. The third-order valence-corrected chi connectivity index (χ3v) is 4.72. The molecule has 0 spiro atoms. The predicted octanol–water partition coefficient (Wildman–Crippen LogP) is 2.75. The lowest BCUT2D eigenvalue weighted by Gasteiger charge is -2.36. The van der Waals surface area contributed by atoms with Gasteiger partial charge in [0.15, 0.2) is 0 Å². The lowest BCUT2D eigenvalue weighted by Crippen LogP contribution is -2.49. The Morgan fingerprint density at radius 2 is 1.71 bits per heavy atom. The van der Waals surface area contributed by atoms with Crippen LogP contribution in [-0.4, -0.2) is 49.1 Å². The molecule has 0 aromatic carbocycles. The summed E-state index contributed by atoms with van der Waals surface area (Å²) < 4.78 is 37.1.